The topological polar surface area (TPSA) is 140 Å². The molecule has 0 radical (unpaired) electrons. The van der Waals surface area contributed by atoms with Crippen LogP contribution >= 0.6 is 0 Å². The molecule has 40 heavy (non-hydrogen) atoms. The van der Waals surface area contributed by atoms with E-state index in [1.165, 1.54) is 0 Å². The molecule has 10 nitrogen and oxygen atoms in total. The first-order valence-corrected chi connectivity index (χ1v) is 13.2. The molecule has 1 unspecified atom stereocenters. The highest BCUT2D eigenvalue weighted by Crippen LogP contribution is 2.26. The Morgan fingerprint density at radius 3 is 2.35 bits per heavy atom. The van der Waals surface area contributed by atoms with Crippen LogP contribution in [0.3, 0.4) is 0 Å². The van der Waals surface area contributed by atoms with Gasteiger partial charge in [-0.3, -0.25) is 14.6 Å². The number of amides is 3. The summed E-state index contributed by atoms with van der Waals surface area (Å²) in [6.07, 6.45) is 2.42. The summed E-state index contributed by atoms with van der Waals surface area (Å²) < 4.78 is 5.21. The molecule has 1 aromatic carbocycles. The number of hydrogen-bond donors (Lipinski definition) is 3. The number of rotatable bonds is 10. The lowest BCUT2D eigenvalue weighted by molar-refractivity contribution is -0.118. The highest BCUT2D eigenvalue weighted by Gasteiger charge is 2.27. The molecule has 0 aliphatic rings. The maximum absolute atomic E-state index is 12.7. The molecule has 2 aromatic heterocycles. The molecular formula is C30H38N6O4. The van der Waals surface area contributed by atoms with Crippen molar-refractivity contribution in [2.24, 2.45) is 11.1 Å². The molecular weight excluding hydrogens is 508 g/mol. The van der Waals surface area contributed by atoms with Crippen molar-refractivity contribution < 1.29 is 19.1 Å². The summed E-state index contributed by atoms with van der Waals surface area (Å²) in [6, 6.07) is 13.0. The van der Waals surface area contributed by atoms with Gasteiger partial charge in [0.1, 0.15) is 11.9 Å². The van der Waals surface area contributed by atoms with Crippen LogP contribution < -0.4 is 21.3 Å². The van der Waals surface area contributed by atoms with Crippen LogP contribution in [0.25, 0.3) is 11.3 Å². The Hall–Kier alpha value is -4.47. The monoisotopic (exact) mass is 546 g/mol. The van der Waals surface area contributed by atoms with E-state index in [1.807, 2.05) is 58.9 Å². The number of pyridine rings is 2. The zero-order chi connectivity index (χ0) is 29.4. The van der Waals surface area contributed by atoms with Crippen LogP contribution in [0.4, 0.5) is 16.3 Å². The Labute approximate surface area is 235 Å². The van der Waals surface area contributed by atoms with Gasteiger partial charge in [0.15, 0.2) is 0 Å². The number of benzene rings is 1. The normalized spacial score (nSPS) is 11.8. The van der Waals surface area contributed by atoms with Crippen LogP contribution in [-0.4, -0.2) is 47.6 Å². The molecule has 1 atom stereocenters. The fraction of sp³-hybridized carbons (Fsp3) is 0.367. The highest BCUT2D eigenvalue weighted by molar-refractivity contribution is 5.94. The number of aromatic nitrogens is 2. The number of carbonyl (C=O) groups excluding carboxylic acids is 3. The zero-order valence-corrected chi connectivity index (χ0v) is 23.9. The van der Waals surface area contributed by atoms with Crippen molar-refractivity contribution in [3.8, 4) is 11.3 Å². The number of aryl methyl sites for hydroxylation is 1. The van der Waals surface area contributed by atoms with Crippen molar-refractivity contribution in [1.82, 2.24) is 15.3 Å². The number of nitrogens with two attached hydrogens (primary N) is 1. The van der Waals surface area contributed by atoms with Gasteiger partial charge in [0, 0.05) is 49.1 Å². The highest BCUT2D eigenvalue weighted by atomic mass is 16.6. The lowest BCUT2D eigenvalue weighted by atomic mass is 9.89. The van der Waals surface area contributed by atoms with Crippen molar-refractivity contribution >= 4 is 29.4 Å². The first-order chi connectivity index (χ1) is 18.9. The number of anilines is 2. The molecule has 0 fully saturated rings. The summed E-state index contributed by atoms with van der Waals surface area (Å²) in [5.74, 6) is 0.419. The summed E-state index contributed by atoms with van der Waals surface area (Å²) in [4.78, 5) is 46.4. The van der Waals surface area contributed by atoms with Gasteiger partial charge in [-0.15, -0.1) is 0 Å². The van der Waals surface area contributed by atoms with Gasteiger partial charge in [-0.05, 0) is 48.4 Å². The van der Waals surface area contributed by atoms with Crippen LogP contribution in [0.15, 0.2) is 54.9 Å². The molecule has 0 bridgehead atoms. The Morgan fingerprint density at radius 2 is 1.80 bits per heavy atom. The molecule has 0 saturated carbocycles. The van der Waals surface area contributed by atoms with E-state index < -0.39 is 12.2 Å². The van der Waals surface area contributed by atoms with Gasteiger partial charge in [-0.2, -0.15) is 0 Å². The van der Waals surface area contributed by atoms with Crippen LogP contribution in [0.1, 0.15) is 55.6 Å². The minimum Gasteiger partial charge on any atom is -0.444 e. The maximum Gasteiger partial charge on any atom is 0.404 e. The van der Waals surface area contributed by atoms with E-state index in [-0.39, 0.29) is 17.2 Å². The Bertz CT molecular complexity index is 1330. The second-order valence-electron chi connectivity index (χ2n) is 10.6. The lowest BCUT2D eigenvalue weighted by Crippen LogP contribution is -2.39. The van der Waals surface area contributed by atoms with E-state index in [9.17, 15) is 14.4 Å². The first kappa shape index (κ1) is 30.1. The van der Waals surface area contributed by atoms with E-state index in [1.54, 1.807) is 42.5 Å². The molecule has 0 aliphatic carbocycles. The third kappa shape index (κ3) is 8.02. The van der Waals surface area contributed by atoms with Gasteiger partial charge in [0.2, 0.25) is 5.91 Å². The maximum atomic E-state index is 12.7. The molecule has 4 N–H and O–H groups in total. The average molecular weight is 547 g/mol. The minimum atomic E-state index is -0.816. The van der Waals surface area contributed by atoms with Crippen molar-refractivity contribution in [2.45, 2.75) is 53.7 Å². The molecule has 2 heterocycles. The molecule has 3 amide bonds. The van der Waals surface area contributed by atoms with E-state index >= 15 is 0 Å². The van der Waals surface area contributed by atoms with E-state index in [2.05, 4.69) is 20.6 Å². The number of nitrogens with one attached hydrogen (secondary N) is 2. The predicted molar refractivity (Wildman–Crippen MR) is 156 cm³/mol. The van der Waals surface area contributed by atoms with Gasteiger partial charge in [0.25, 0.3) is 5.91 Å². The van der Waals surface area contributed by atoms with Gasteiger partial charge in [-0.25, -0.2) is 9.78 Å². The average Bonchev–Trinajstić information content (AvgIpc) is 2.93. The summed E-state index contributed by atoms with van der Waals surface area (Å²) in [6.45, 7) is 10.3. The molecule has 212 valence electrons. The molecule has 0 saturated heterocycles. The Kier molecular flexibility index (Phi) is 9.82. The number of hydrogen-bond acceptors (Lipinski definition) is 7. The predicted octanol–water partition coefficient (Wildman–Crippen LogP) is 4.68. The van der Waals surface area contributed by atoms with Crippen molar-refractivity contribution in [3.63, 3.8) is 0 Å². The van der Waals surface area contributed by atoms with E-state index in [0.29, 0.717) is 30.9 Å². The third-order valence-corrected chi connectivity index (χ3v) is 6.53. The number of primary amides is 1. The summed E-state index contributed by atoms with van der Waals surface area (Å²) in [5, 5.41) is 6.04. The first-order valence-electron chi connectivity index (χ1n) is 13.2. The number of nitrogens with zero attached hydrogens (tertiary/aromatic N) is 3. The fourth-order valence-electron chi connectivity index (χ4n) is 4.04. The van der Waals surface area contributed by atoms with Gasteiger partial charge < -0.3 is 26.0 Å². The van der Waals surface area contributed by atoms with Gasteiger partial charge in [0.05, 0.1) is 17.8 Å². The van der Waals surface area contributed by atoms with Crippen LogP contribution in [0.5, 0.6) is 0 Å². The molecule has 10 heteroatoms. The molecule has 3 rings (SSSR count). The zero-order valence-electron chi connectivity index (χ0n) is 23.9. The van der Waals surface area contributed by atoms with Crippen molar-refractivity contribution in [1.29, 1.82) is 0 Å². The van der Waals surface area contributed by atoms with Gasteiger partial charge in [-0.1, -0.05) is 39.8 Å². The summed E-state index contributed by atoms with van der Waals surface area (Å²) >= 11 is 0. The molecule has 0 spiro atoms. The molecule has 0 aliphatic heterocycles. The van der Waals surface area contributed by atoms with Crippen molar-refractivity contribution in [2.75, 3.05) is 23.8 Å². The summed E-state index contributed by atoms with van der Waals surface area (Å²) in [5.41, 5.74) is 9.62. The summed E-state index contributed by atoms with van der Waals surface area (Å²) in [7, 11) is 1.77. The van der Waals surface area contributed by atoms with E-state index in [0.717, 1.165) is 28.1 Å². The SMILES string of the molecule is CCC(=O)N(C)c1ccc(-c2ccc(C(=O)NCc3ccc(NCC(OC(N)=O)C(C)(C)C)nc3)cn2)cc1C. The lowest BCUT2D eigenvalue weighted by Gasteiger charge is -2.29. The van der Waals surface area contributed by atoms with Gasteiger partial charge >= 0.3 is 6.09 Å². The minimum absolute atomic E-state index is 0.0501. The standard InChI is InChI=1S/C30H38N6O4/c1-7-27(37)36(6)24-12-10-21(14-19(24)2)23-11-9-22(17-32-23)28(38)35-16-20-8-13-26(33-15-20)34-18-25(30(3,4)5)40-29(31)39/h8-15,17,25H,7,16,18H2,1-6H3,(H2,31,39)(H,33,34)(H,35,38). The smallest absolute Gasteiger partial charge is 0.404 e. The van der Waals surface area contributed by atoms with E-state index in [4.69, 9.17) is 10.5 Å². The number of carbonyl (C=O) groups is 3. The number of ether oxygens (including phenoxy) is 1. The van der Waals surface area contributed by atoms with Crippen LogP contribution in [0.2, 0.25) is 0 Å². The second-order valence-corrected chi connectivity index (χ2v) is 10.6. The second kappa shape index (κ2) is 13.1. The van der Waals surface area contributed by atoms with Crippen LogP contribution in [-0.2, 0) is 16.1 Å². The Balaban J connectivity index is 1.56. The van der Waals surface area contributed by atoms with Crippen molar-refractivity contribution in [3.05, 3.63) is 71.5 Å². The fourth-order valence-corrected chi connectivity index (χ4v) is 4.04. The quantitative estimate of drug-likeness (QED) is 0.336. The molecule has 3 aromatic rings. The Morgan fingerprint density at radius 1 is 1.05 bits per heavy atom. The largest absolute Gasteiger partial charge is 0.444 e. The third-order valence-electron chi connectivity index (χ3n) is 6.53. The van der Waals surface area contributed by atoms with Crippen LogP contribution in [0, 0.1) is 12.3 Å².